The Labute approximate surface area is 225 Å². The molecule has 2 amide bonds. The first-order chi connectivity index (χ1) is 16.5. The molecule has 0 saturated carbocycles. The second kappa shape index (κ2) is 19.5. The van der Waals surface area contributed by atoms with Crippen LogP contribution in [0.3, 0.4) is 0 Å². The first-order valence-corrected chi connectivity index (χ1v) is 11.8. The predicted octanol–water partition coefficient (Wildman–Crippen LogP) is 2.79. The topological polar surface area (TPSA) is 137 Å². The molecule has 0 aromatic heterocycles. The van der Waals surface area contributed by atoms with Crippen LogP contribution in [-0.4, -0.2) is 36.9 Å². The minimum absolute atomic E-state index is 0. The van der Waals surface area contributed by atoms with E-state index in [-0.39, 0.29) is 50.1 Å². The summed E-state index contributed by atoms with van der Waals surface area (Å²) in [6.07, 6.45) is 5.47. The number of aryl methyl sites for hydroxylation is 2. The van der Waals surface area contributed by atoms with Gasteiger partial charge >= 0.3 is 5.97 Å². The summed E-state index contributed by atoms with van der Waals surface area (Å²) in [6.45, 7) is 0.545. The van der Waals surface area contributed by atoms with Crippen LogP contribution in [0.25, 0.3) is 0 Å². The molecule has 2 aromatic rings. The van der Waals surface area contributed by atoms with Gasteiger partial charge in [0, 0.05) is 6.54 Å². The lowest BCUT2D eigenvalue weighted by Gasteiger charge is -2.11. The number of carbonyl (C=O) groups excluding carboxylic acids is 3. The number of benzene rings is 2. The largest absolute Gasteiger partial charge is 0.354 e. The third-order valence-electron chi connectivity index (χ3n) is 5.37. The molecule has 2 rings (SSSR count). The molecule has 0 unspecified atom stereocenters. The van der Waals surface area contributed by atoms with Crippen molar-refractivity contribution in [3.8, 4) is 0 Å². The molecule has 10 heteroatoms. The molecular formula is C26H38Cl2N4O4. The van der Waals surface area contributed by atoms with Crippen LogP contribution in [0.2, 0.25) is 0 Å². The van der Waals surface area contributed by atoms with E-state index in [0.29, 0.717) is 19.4 Å². The fourth-order valence-electron chi connectivity index (χ4n) is 3.40. The van der Waals surface area contributed by atoms with Gasteiger partial charge in [0.25, 0.3) is 5.91 Å². The molecule has 0 aliphatic rings. The molecule has 1 atom stereocenters. The first-order valence-electron chi connectivity index (χ1n) is 11.8. The Kier molecular flexibility index (Phi) is 18.1. The minimum atomic E-state index is -0.653. The number of unbranched alkanes of at least 4 members (excludes halogenated alkanes) is 1. The molecule has 200 valence electrons. The van der Waals surface area contributed by atoms with Crippen molar-refractivity contribution in [1.29, 1.82) is 0 Å². The van der Waals surface area contributed by atoms with Gasteiger partial charge in [-0.2, -0.15) is 5.48 Å². The summed E-state index contributed by atoms with van der Waals surface area (Å²) in [7, 11) is 0. The molecule has 0 aliphatic carbocycles. The Morgan fingerprint density at radius 3 is 2.03 bits per heavy atom. The predicted molar refractivity (Wildman–Crippen MR) is 146 cm³/mol. The highest BCUT2D eigenvalue weighted by Crippen LogP contribution is 2.11. The van der Waals surface area contributed by atoms with Crippen LogP contribution >= 0.6 is 24.8 Å². The average molecular weight is 542 g/mol. The number of carbonyl (C=O) groups is 3. The van der Waals surface area contributed by atoms with Crippen molar-refractivity contribution in [1.82, 2.24) is 10.8 Å². The second-order valence-corrected chi connectivity index (χ2v) is 8.26. The van der Waals surface area contributed by atoms with Crippen LogP contribution in [0.15, 0.2) is 54.6 Å². The Hall–Kier alpha value is -2.65. The summed E-state index contributed by atoms with van der Waals surface area (Å²) < 4.78 is 0. The van der Waals surface area contributed by atoms with Gasteiger partial charge in [-0.1, -0.05) is 54.6 Å². The number of rotatable bonds is 14. The Morgan fingerprint density at radius 2 is 1.42 bits per heavy atom. The van der Waals surface area contributed by atoms with E-state index in [9.17, 15) is 14.4 Å². The maximum Gasteiger partial charge on any atom is 0.334 e. The van der Waals surface area contributed by atoms with Crippen LogP contribution < -0.4 is 22.3 Å². The molecule has 8 nitrogen and oxygen atoms in total. The lowest BCUT2D eigenvalue weighted by molar-refractivity contribution is -0.158. The molecule has 6 N–H and O–H groups in total. The van der Waals surface area contributed by atoms with Crippen LogP contribution in [0.4, 0.5) is 0 Å². The number of halogens is 2. The molecular weight excluding hydrogens is 503 g/mol. The Bertz CT molecular complexity index is 899. The van der Waals surface area contributed by atoms with E-state index in [1.54, 1.807) is 0 Å². The van der Waals surface area contributed by atoms with E-state index < -0.39 is 17.9 Å². The van der Waals surface area contributed by atoms with Crippen molar-refractivity contribution in [2.24, 2.45) is 11.5 Å². The molecule has 0 spiro atoms. The maximum absolute atomic E-state index is 12.0. The Balaban J connectivity index is 0.00000612. The van der Waals surface area contributed by atoms with E-state index in [4.69, 9.17) is 16.3 Å². The Morgan fingerprint density at radius 1 is 0.833 bits per heavy atom. The van der Waals surface area contributed by atoms with Gasteiger partial charge in [0.15, 0.2) is 0 Å². The summed E-state index contributed by atoms with van der Waals surface area (Å²) in [5.41, 5.74) is 16.7. The van der Waals surface area contributed by atoms with Gasteiger partial charge in [-0.25, -0.2) is 4.79 Å². The quantitative estimate of drug-likeness (QED) is 0.215. The number of amides is 2. The van der Waals surface area contributed by atoms with E-state index in [0.717, 1.165) is 31.2 Å². The molecule has 0 aliphatic heterocycles. The van der Waals surface area contributed by atoms with Crippen molar-refractivity contribution in [2.75, 3.05) is 13.1 Å². The number of hydroxylamine groups is 1. The molecule has 0 saturated heterocycles. The number of nitrogens with one attached hydrogen (secondary N) is 2. The third kappa shape index (κ3) is 14.0. The first kappa shape index (κ1) is 33.4. The van der Waals surface area contributed by atoms with Crippen molar-refractivity contribution >= 4 is 42.6 Å². The number of hydrogen-bond acceptors (Lipinski definition) is 6. The van der Waals surface area contributed by atoms with E-state index in [1.165, 1.54) is 11.1 Å². The van der Waals surface area contributed by atoms with E-state index in [1.807, 2.05) is 30.3 Å². The second-order valence-electron chi connectivity index (χ2n) is 8.26. The molecule has 0 heterocycles. The normalized spacial score (nSPS) is 10.8. The van der Waals surface area contributed by atoms with E-state index >= 15 is 0 Å². The lowest BCUT2D eigenvalue weighted by atomic mass is 10.0. The fourth-order valence-corrected chi connectivity index (χ4v) is 3.40. The summed E-state index contributed by atoms with van der Waals surface area (Å²) in [4.78, 5) is 40.3. The zero-order valence-electron chi connectivity index (χ0n) is 20.4. The molecule has 0 fully saturated rings. The van der Waals surface area contributed by atoms with Gasteiger partial charge in [0.1, 0.15) is 0 Å². The third-order valence-corrected chi connectivity index (χ3v) is 5.37. The SMILES string of the molecule is Cl.Cl.NCCC[C@H](N)C(=O)NCCC(=O)ONC(=O)Cc1ccc(CCCCc2ccccc2)cc1. The molecule has 2 aromatic carbocycles. The minimum Gasteiger partial charge on any atom is -0.354 e. The van der Waals surface area contributed by atoms with Crippen LogP contribution in [0.1, 0.15) is 48.8 Å². The van der Waals surface area contributed by atoms with Crippen molar-refractivity contribution in [3.05, 3.63) is 71.3 Å². The van der Waals surface area contributed by atoms with Gasteiger partial charge in [0.05, 0.1) is 18.9 Å². The summed E-state index contributed by atoms with van der Waals surface area (Å²) >= 11 is 0. The van der Waals surface area contributed by atoms with Gasteiger partial charge in [-0.15, -0.1) is 24.8 Å². The molecule has 36 heavy (non-hydrogen) atoms. The van der Waals surface area contributed by atoms with E-state index in [2.05, 4.69) is 35.1 Å². The van der Waals surface area contributed by atoms with Gasteiger partial charge in [0.2, 0.25) is 5.91 Å². The molecule has 0 radical (unpaired) electrons. The van der Waals surface area contributed by atoms with Gasteiger partial charge in [-0.3, -0.25) is 9.59 Å². The number of hydrogen-bond donors (Lipinski definition) is 4. The highest BCUT2D eigenvalue weighted by Gasteiger charge is 2.13. The lowest BCUT2D eigenvalue weighted by Crippen LogP contribution is -2.41. The van der Waals surface area contributed by atoms with Crippen molar-refractivity contribution in [2.45, 2.75) is 57.4 Å². The van der Waals surface area contributed by atoms with Crippen LogP contribution in [0.5, 0.6) is 0 Å². The highest BCUT2D eigenvalue weighted by molar-refractivity contribution is 5.85. The van der Waals surface area contributed by atoms with Crippen LogP contribution in [-0.2, 0) is 38.5 Å². The highest BCUT2D eigenvalue weighted by atomic mass is 35.5. The van der Waals surface area contributed by atoms with Gasteiger partial charge < -0.3 is 21.6 Å². The summed E-state index contributed by atoms with van der Waals surface area (Å²) in [6, 6.07) is 17.7. The number of nitrogens with two attached hydrogens (primary N) is 2. The fraction of sp³-hybridized carbons (Fsp3) is 0.423. The monoisotopic (exact) mass is 540 g/mol. The van der Waals surface area contributed by atoms with Gasteiger partial charge in [-0.05, 0) is 61.8 Å². The van der Waals surface area contributed by atoms with Crippen molar-refractivity contribution in [3.63, 3.8) is 0 Å². The zero-order chi connectivity index (χ0) is 24.6. The zero-order valence-corrected chi connectivity index (χ0v) is 22.1. The van der Waals surface area contributed by atoms with Crippen molar-refractivity contribution < 1.29 is 19.2 Å². The summed E-state index contributed by atoms with van der Waals surface area (Å²) in [5, 5.41) is 2.56. The summed E-state index contributed by atoms with van der Waals surface area (Å²) in [5.74, 6) is -1.41. The molecule has 0 bridgehead atoms. The standard InChI is InChI=1S/C26H36N4O4.2ClH/c27-17-6-11-23(28)26(33)29-18-16-25(32)34-30-24(31)19-22-14-12-21(13-15-22)10-5-4-9-20-7-2-1-3-8-20;;/h1-3,7-8,12-15,23H,4-6,9-11,16-19,27-28H2,(H,29,33)(H,30,31);2*1H/t23-;;/m0../s1. The van der Waals surface area contributed by atoms with Crippen LogP contribution in [0, 0.1) is 0 Å². The average Bonchev–Trinajstić information content (AvgIpc) is 2.85. The smallest absolute Gasteiger partial charge is 0.334 e. The maximum atomic E-state index is 12.0.